The Bertz CT molecular complexity index is 1090. The molecule has 0 radical (unpaired) electrons. The number of carbonyl (C=O) groups excluding carboxylic acids is 2. The lowest BCUT2D eigenvalue weighted by molar-refractivity contribution is 0.0213. The summed E-state index contributed by atoms with van der Waals surface area (Å²) in [5.41, 5.74) is 1.51. The van der Waals surface area contributed by atoms with Gasteiger partial charge >= 0.3 is 6.09 Å². The van der Waals surface area contributed by atoms with Crippen molar-refractivity contribution in [3.05, 3.63) is 71.7 Å². The molecule has 0 aliphatic carbocycles. The molecule has 0 fully saturated rings. The van der Waals surface area contributed by atoms with E-state index in [0.29, 0.717) is 17.9 Å². The summed E-state index contributed by atoms with van der Waals surface area (Å²) in [4.78, 5) is 31.4. The van der Waals surface area contributed by atoms with Crippen molar-refractivity contribution in [3.63, 3.8) is 0 Å². The van der Waals surface area contributed by atoms with Gasteiger partial charge in [-0.2, -0.15) is 0 Å². The maximum Gasteiger partial charge on any atom is 0.410 e. The minimum atomic E-state index is -2.13. The Kier molecular flexibility index (Phi) is 6.84. The van der Waals surface area contributed by atoms with E-state index in [-0.39, 0.29) is 12.2 Å². The number of ketones is 1. The number of rotatable bonds is 5. The standard InChI is InChI=1S/C22H22Cl3N3O3/c1-21(2,3)31-20(30)27(13-15-8-5-4-6-9-15)14-16-10-7-11-18-26-12-17(28(16)18)19(29)22(23,24)25/h4-12H,13-14H2,1-3H3. The molecule has 0 saturated heterocycles. The van der Waals surface area contributed by atoms with Gasteiger partial charge in [0.25, 0.3) is 3.79 Å². The van der Waals surface area contributed by atoms with Gasteiger partial charge in [0.15, 0.2) is 0 Å². The third-order valence-corrected chi connectivity index (χ3v) is 4.84. The van der Waals surface area contributed by atoms with Crippen LogP contribution >= 0.6 is 34.8 Å². The number of hydrogen-bond acceptors (Lipinski definition) is 4. The Balaban J connectivity index is 2.01. The molecule has 1 aromatic carbocycles. The average molecular weight is 483 g/mol. The van der Waals surface area contributed by atoms with Gasteiger partial charge in [-0.25, -0.2) is 9.78 Å². The highest BCUT2D eigenvalue weighted by atomic mass is 35.6. The van der Waals surface area contributed by atoms with Crippen LogP contribution in [0.1, 0.15) is 42.5 Å². The lowest BCUT2D eigenvalue weighted by Gasteiger charge is -2.28. The van der Waals surface area contributed by atoms with Crippen LogP contribution in [0.25, 0.3) is 5.65 Å². The molecular weight excluding hydrogens is 461 g/mol. The number of Topliss-reactive ketones (excluding diaryl/α,β-unsaturated/α-hetero) is 1. The molecule has 31 heavy (non-hydrogen) atoms. The van der Waals surface area contributed by atoms with Crippen molar-refractivity contribution >= 4 is 52.3 Å². The van der Waals surface area contributed by atoms with Gasteiger partial charge < -0.3 is 4.74 Å². The Morgan fingerprint density at radius 3 is 2.29 bits per heavy atom. The molecule has 0 aliphatic heterocycles. The van der Waals surface area contributed by atoms with Crippen LogP contribution in [-0.4, -0.2) is 35.6 Å². The third kappa shape index (κ3) is 5.91. The molecule has 2 aromatic heterocycles. The van der Waals surface area contributed by atoms with E-state index < -0.39 is 21.3 Å². The zero-order chi connectivity index (χ0) is 22.8. The summed E-state index contributed by atoms with van der Waals surface area (Å²) in [6.45, 7) is 5.88. The van der Waals surface area contributed by atoms with E-state index in [2.05, 4.69) is 4.98 Å². The van der Waals surface area contributed by atoms with Crippen LogP contribution in [0.2, 0.25) is 0 Å². The predicted octanol–water partition coefficient (Wildman–Crippen LogP) is 5.82. The molecule has 3 aromatic rings. The van der Waals surface area contributed by atoms with Crippen molar-refractivity contribution < 1.29 is 14.3 Å². The molecule has 0 bridgehead atoms. The van der Waals surface area contributed by atoms with Gasteiger partial charge in [-0.15, -0.1) is 0 Å². The van der Waals surface area contributed by atoms with Crippen LogP contribution in [0.4, 0.5) is 4.79 Å². The second-order valence-electron chi connectivity index (χ2n) is 8.00. The number of hydrogen-bond donors (Lipinski definition) is 0. The van der Waals surface area contributed by atoms with Crippen LogP contribution in [0.5, 0.6) is 0 Å². The highest BCUT2D eigenvalue weighted by Gasteiger charge is 2.34. The van der Waals surface area contributed by atoms with Gasteiger partial charge in [0.1, 0.15) is 16.9 Å². The molecule has 2 heterocycles. The van der Waals surface area contributed by atoms with Gasteiger partial charge in [0.2, 0.25) is 5.78 Å². The number of imidazole rings is 1. The summed E-state index contributed by atoms with van der Waals surface area (Å²) in [7, 11) is 0. The SMILES string of the molecule is CC(C)(C)OC(=O)N(Cc1ccccc1)Cc1cccc2ncc(C(=O)C(Cl)(Cl)Cl)n12. The smallest absolute Gasteiger partial charge is 0.410 e. The molecule has 1 amide bonds. The summed E-state index contributed by atoms with van der Waals surface area (Å²) in [6, 6.07) is 14.9. The Morgan fingerprint density at radius 1 is 1.00 bits per heavy atom. The van der Waals surface area contributed by atoms with Gasteiger partial charge in [-0.1, -0.05) is 71.2 Å². The van der Waals surface area contributed by atoms with Gasteiger partial charge in [0.05, 0.1) is 12.7 Å². The van der Waals surface area contributed by atoms with Crippen LogP contribution in [-0.2, 0) is 17.8 Å². The first-order chi connectivity index (χ1) is 14.5. The molecule has 6 nitrogen and oxygen atoms in total. The zero-order valence-electron chi connectivity index (χ0n) is 17.3. The van der Waals surface area contributed by atoms with Crippen molar-refractivity contribution in [2.75, 3.05) is 0 Å². The number of nitrogens with zero attached hydrogens (tertiary/aromatic N) is 3. The van der Waals surface area contributed by atoms with E-state index in [1.165, 1.54) is 6.20 Å². The monoisotopic (exact) mass is 481 g/mol. The normalized spacial score (nSPS) is 12.1. The topological polar surface area (TPSA) is 63.9 Å². The Labute approximate surface area is 195 Å². The first kappa shape index (κ1) is 23.4. The predicted molar refractivity (Wildman–Crippen MR) is 122 cm³/mol. The van der Waals surface area contributed by atoms with Crippen molar-refractivity contribution in [1.82, 2.24) is 14.3 Å². The number of carbonyl (C=O) groups is 2. The molecular formula is C22H22Cl3N3O3. The second kappa shape index (κ2) is 9.07. The first-order valence-electron chi connectivity index (χ1n) is 9.54. The summed E-state index contributed by atoms with van der Waals surface area (Å²) >= 11 is 17.5. The zero-order valence-corrected chi connectivity index (χ0v) is 19.6. The fraction of sp³-hybridized carbons (Fsp3) is 0.318. The number of fused-ring (bicyclic) bond motifs is 1. The Hall–Kier alpha value is -2.28. The molecule has 0 N–H and O–H groups in total. The third-order valence-electron chi connectivity index (χ3n) is 4.32. The summed E-state index contributed by atoms with van der Waals surface area (Å²) in [6.07, 6.45) is 0.876. The van der Waals surface area contributed by atoms with Crippen molar-refractivity contribution in [3.8, 4) is 0 Å². The quantitative estimate of drug-likeness (QED) is 0.339. The van der Waals surface area contributed by atoms with Crippen molar-refractivity contribution in [1.29, 1.82) is 0 Å². The van der Waals surface area contributed by atoms with Crippen LogP contribution in [0.15, 0.2) is 54.7 Å². The molecule has 3 rings (SSSR count). The maximum absolute atomic E-state index is 13.0. The molecule has 164 valence electrons. The summed E-state index contributed by atoms with van der Waals surface area (Å²) < 4.78 is 5.06. The minimum absolute atomic E-state index is 0.120. The fourth-order valence-corrected chi connectivity index (χ4v) is 3.34. The van der Waals surface area contributed by atoms with E-state index >= 15 is 0 Å². The largest absolute Gasteiger partial charge is 0.444 e. The number of ether oxygens (including phenoxy) is 1. The summed E-state index contributed by atoms with van der Waals surface area (Å²) in [5.74, 6) is -0.704. The molecule has 0 aliphatic rings. The van der Waals surface area contributed by atoms with E-state index in [4.69, 9.17) is 39.5 Å². The minimum Gasteiger partial charge on any atom is -0.444 e. The number of amides is 1. The number of pyridine rings is 1. The van der Waals surface area contributed by atoms with Crippen molar-refractivity contribution in [2.45, 2.75) is 43.3 Å². The highest BCUT2D eigenvalue weighted by molar-refractivity contribution is 6.77. The maximum atomic E-state index is 13.0. The van der Waals surface area contributed by atoms with E-state index in [1.807, 2.05) is 30.3 Å². The van der Waals surface area contributed by atoms with Crippen LogP contribution in [0, 0.1) is 0 Å². The Morgan fingerprint density at radius 2 is 1.68 bits per heavy atom. The van der Waals surface area contributed by atoms with Gasteiger partial charge in [0, 0.05) is 12.2 Å². The molecule has 0 spiro atoms. The van der Waals surface area contributed by atoms with E-state index in [1.54, 1.807) is 48.3 Å². The molecule has 0 unspecified atom stereocenters. The lowest BCUT2D eigenvalue weighted by Crippen LogP contribution is -2.36. The highest BCUT2D eigenvalue weighted by Crippen LogP contribution is 2.31. The number of benzene rings is 1. The number of aromatic nitrogens is 2. The first-order valence-corrected chi connectivity index (χ1v) is 10.7. The van der Waals surface area contributed by atoms with E-state index in [0.717, 1.165) is 5.56 Å². The van der Waals surface area contributed by atoms with Crippen LogP contribution < -0.4 is 0 Å². The van der Waals surface area contributed by atoms with Crippen molar-refractivity contribution in [2.24, 2.45) is 0 Å². The molecule has 0 atom stereocenters. The van der Waals surface area contributed by atoms with Gasteiger partial charge in [-0.05, 0) is 38.5 Å². The lowest BCUT2D eigenvalue weighted by atomic mass is 10.2. The number of alkyl halides is 3. The molecule has 9 heteroatoms. The number of halogens is 3. The fourth-order valence-electron chi connectivity index (χ4n) is 3.05. The van der Waals surface area contributed by atoms with Gasteiger partial charge in [-0.3, -0.25) is 14.1 Å². The average Bonchev–Trinajstić information content (AvgIpc) is 3.10. The summed E-state index contributed by atoms with van der Waals surface area (Å²) in [5, 5.41) is 0. The molecule has 0 saturated carbocycles. The van der Waals surface area contributed by atoms with E-state index in [9.17, 15) is 9.59 Å². The second-order valence-corrected chi connectivity index (χ2v) is 10.3. The van der Waals surface area contributed by atoms with Crippen LogP contribution in [0.3, 0.4) is 0 Å².